The van der Waals surface area contributed by atoms with Crippen LogP contribution in [0.15, 0.2) is 41.8 Å². The average Bonchev–Trinajstić information content (AvgIpc) is 3.57. The Morgan fingerprint density at radius 3 is 2.53 bits per heavy atom. The second-order valence-electron chi connectivity index (χ2n) is 9.00. The second-order valence-corrected chi connectivity index (χ2v) is 9.94. The first kappa shape index (κ1) is 26.2. The number of benzene rings is 1. The zero-order chi connectivity index (χ0) is 25.0. The van der Waals surface area contributed by atoms with E-state index in [-0.39, 0.29) is 10.6 Å². The fraction of sp³-hybridized carbons (Fsp3) is 0.480. The number of anilines is 1. The van der Waals surface area contributed by atoms with Crippen LogP contribution in [-0.4, -0.2) is 72.4 Å². The molecule has 1 aromatic carbocycles. The number of aromatic amines is 1. The summed E-state index contributed by atoms with van der Waals surface area (Å²) < 4.78 is 0. The van der Waals surface area contributed by atoms with Crippen molar-refractivity contribution >= 4 is 22.8 Å². The van der Waals surface area contributed by atoms with Gasteiger partial charge in [0.2, 0.25) is 0 Å². The van der Waals surface area contributed by atoms with E-state index in [1.165, 1.54) is 0 Å². The standard InChI is InChI=1S/C25H36N8O2S/c34-33(35)22-15-20(18-29-25-17-23(30-31-25)24-4-1-13-36-24)14-21(16-22)19-32-11-3-7-27-9-8-26-5-2-6-28-10-12-32/h1,4,13-17,26-28H,2-3,5-12,18-19H2,(H2,29,30,31). The van der Waals surface area contributed by atoms with Crippen molar-refractivity contribution in [1.82, 2.24) is 31.0 Å². The van der Waals surface area contributed by atoms with Gasteiger partial charge in [-0.2, -0.15) is 5.10 Å². The molecule has 4 rings (SSSR count). The van der Waals surface area contributed by atoms with Crippen LogP contribution in [-0.2, 0) is 13.1 Å². The van der Waals surface area contributed by atoms with Crippen LogP contribution in [0.1, 0.15) is 24.0 Å². The molecule has 5 N–H and O–H groups in total. The normalized spacial score (nSPS) is 16.9. The van der Waals surface area contributed by atoms with E-state index >= 15 is 0 Å². The Balaban J connectivity index is 1.40. The molecule has 0 atom stereocenters. The fourth-order valence-corrected chi connectivity index (χ4v) is 4.98. The number of nitro groups is 1. The highest BCUT2D eigenvalue weighted by Crippen LogP contribution is 2.25. The maximum Gasteiger partial charge on any atom is 0.270 e. The van der Waals surface area contributed by atoms with Gasteiger partial charge in [-0.05, 0) is 61.6 Å². The molecule has 0 bridgehead atoms. The number of nitrogens with one attached hydrogen (secondary N) is 5. The van der Waals surface area contributed by atoms with E-state index in [0.29, 0.717) is 13.1 Å². The van der Waals surface area contributed by atoms with Gasteiger partial charge in [-0.25, -0.2) is 0 Å². The minimum absolute atomic E-state index is 0.125. The number of nitrogens with zero attached hydrogens (tertiary/aromatic N) is 3. The number of rotatable bonds is 7. The SMILES string of the molecule is O=[N+]([O-])c1cc(CNc2cc(-c3cccs3)[nH]n2)cc(CN2CCCNCCNCCCNCC2)c1. The summed E-state index contributed by atoms with van der Waals surface area (Å²) in [6.07, 6.45) is 2.14. The molecular formula is C25H36N8O2S. The van der Waals surface area contributed by atoms with Crippen molar-refractivity contribution in [2.75, 3.05) is 57.7 Å². The molecule has 0 spiro atoms. The number of thiophene rings is 1. The van der Waals surface area contributed by atoms with Crippen molar-refractivity contribution in [2.45, 2.75) is 25.9 Å². The summed E-state index contributed by atoms with van der Waals surface area (Å²) in [5, 5.41) is 34.8. The first-order valence-corrected chi connectivity index (χ1v) is 13.5. The van der Waals surface area contributed by atoms with E-state index in [1.54, 1.807) is 23.5 Å². The highest BCUT2D eigenvalue weighted by Gasteiger charge is 2.14. The molecule has 0 radical (unpaired) electrons. The van der Waals surface area contributed by atoms with Crippen LogP contribution >= 0.6 is 11.3 Å². The summed E-state index contributed by atoms with van der Waals surface area (Å²) >= 11 is 1.65. The average molecular weight is 513 g/mol. The lowest BCUT2D eigenvalue weighted by atomic mass is 10.1. The van der Waals surface area contributed by atoms with Crippen molar-refractivity contribution in [1.29, 1.82) is 0 Å². The van der Waals surface area contributed by atoms with Crippen LogP contribution in [0.3, 0.4) is 0 Å². The molecule has 0 unspecified atom stereocenters. The maximum atomic E-state index is 11.7. The quantitative estimate of drug-likeness (QED) is 0.242. The van der Waals surface area contributed by atoms with E-state index < -0.39 is 0 Å². The number of hydrogen-bond donors (Lipinski definition) is 5. The second kappa shape index (κ2) is 14.0. The van der Waals surface area contributed by atoms with Crippen LogP contribution in [0.2, 0.25) is 0 Å². The minimum atomic E-state index is -0.307. The van der Waals surface area contributed by atoms with Gasteiger partial charge in [-0.1, -0.05) is 12.1 Å². The Morgan fingerprint density at radius 1 is 0.972 bits per heavy atom. The monoisotopic (exact) mass is 512 g/mol. The molecule has 36 heavy (non-hydrogen) atoms. The van der Waals surface area contributed by atoms with Crippen molar-refractivity contribution < 1.29 is 4.92 Å². The van der Waals surface area contributed by atoms with Crippen molar-refractivity contribution in [2.24, 2.45) is 0 Å². The molecule has 1 saturated heterocycles. The summed E-state index contributed by atoms with van der Waals surface area (Å²) in [5.41, 5.74) is 2.91. The fourth-order valence-electron chi connectivity index (χ4n) is 4.29. The van der Waals surface area contributed by atoms with E-state index in [1.807, 2.05) is 23.6 Å². The molecular weight excluding hydrogens is 476 g/mol. The summed E-state index contributed by atoms with van der Waals surface area (Å²) in [5.74, 6) is 0.718. The lowest BCUT2D eigenvalue weighted by Gasteiger charge is -2.23. The molecule has 10 nitrogen and oxygen atoms in total. The molecule has 0 saturated carbocycles. The molecule has 0 amide bonds. The van der Waals surface area contributed by atoms with Crippen LogP contribution < -0.4 is 21.3 Å². The number of hydrogen-bond acceptors (Lipinski definition) is 9. The largest absolute Gasteiger partial charge is 0.365 e. The predicted octanol–water partition coefficient (Wildman–Crippen LogP) is 3.02. The van der Waals surface area contributed by atoms with Crippen LogP contribution in [0.4, 0.5) is 11.5 Å². The van der Waals surface area contributed by atoms with Crippen LogP contribution in [0.25, 0.3) is 10.6 Å². The van der Waals surface area contributed by atoms with Gasteiger partial charge in [0.05, 0.1) is 15.5 Å². The smallest absolute Gasteiger partial charge is 0.270 e. The topological polar surface area (TPSA) is 123 Å². The molecule has 11 heteroatoms. The van der Waals surface area contributed by atoms with Gasteiger partial charge in [0.1, 0.15) is 5.82 Å². The summed E-state index contributed by atoms with van der Waals surface area (Å²) in [4.78, 5) is 14.8. The number of aromatic nitrogens is 2. The van der Waals surface area contributed by atoms with E-state index in [2.05, 4.69) is 42.4 Å². The van der Waals surface area contributed by atoms with Crippen molar-refractivity contribution in [3.8, 4) is 10.6 Å². The molecule has 0 aliphatic carbocycles. The van der Waals surface area contributed by atoms with Gasteiger partial charge < -0.3 is 21.3 Å². The number of nitro benzene ring substituents is 1. The highest BCUT2D eigenvalue weighted by atomic mass is 32.1. The third kappa shape index (κ3) is 8.38. The third-order valence-corrected chi connectivity index (χ3v) is 7.01. The van der Waals surface area contributed by atoms with E-state index in [9.17, 15) is 10.1 Å². The van der Waals surface area contributed by atoms with E-state index in [4.69, 9.17) is 0 Å². The zero-order valence-electron chi connectivity index (χ0n) is 20.6. The zero-order valence-corrected chi connectivity index (χ0v) is 21.4. The lowest BCUT2D eigenvalue weighted by molar-refractivity contribution is -0.385. The maximum absolute atomic E-state index is 11.7. The van der Waals surface area contributed by atoms with Crippen LogP contribution in [0.5, 0.6) is 0 Å². The van der Waals surface area contributed by atoms with Crippen LogP contribution in [0, 0.1) is 10.1 Å². The third-order valence-electron chi connectivity index (χ3n) is 6.11. The van der Waals surface area contributed by atoms with Gasteiger partial charge in [0.25, 0.3) is 5.69 Å². The van der Waals surface area contributed by atoms with Gasteiger partial charge in [-0.15, -0.1) is 11.3 Å². The molecule has 3 heterocycles. The first-order chi connectivity index (χ1) is 17.7. The molecule has 1 aliphatic rings. The predicted molar refractivity (Wildman–Crippen MR) is 145 cm³/mol. The Hall–Kier alpha value is -2.83. The highest BCUT2D eigenvalue weighted by molar-refractivity contribution is 7.13. The molecule has 3 aromatic rings. The molecule has 1 aliphatic heterocycles. The minimum Gasteiger partial charge on any atom is -0.365 e. The van der Waals surface area contributed by atoms with Gasteiger partial charge in [0.15, 0.2) is 0 Å². The van der Waals surface area contributed by atoms with E-state index in [0.717, 1.165) is 92.7 Å². The lowest BCUT2D eigenvalue weighted by Crippen LogP contribution is -2.36. The Bertz CT molecular complexity index is 1060. The van der Waals surface area contributed by atoms with Gasteiger partial charge in [-0.3, -0.25) is 20.1 Å². The van der Waals surface area contributed by atoms with Gasteiger partial charge >= 0.3 is 0 Å². The van der Waals surface area contributed by atoms with Crippen molar-refractivity contribution in [3.63, 3.8) is 0 Å². The summed E-state index contributed by atoms with van der Waals surface area (Å²) in [7, 11) is 0. The Morgan fingerprint density at radius 2 is 1.75 bits per heavy atom. The summed E-state index contributed by atoms with van der Waals surface area (Å²) in [6, 6.07) is 11.4. The van der Waals surface area contributed by atoms with Crippen molar-refractivity contribution in [3.05, 3.63) is 63.0 Å². The van der Waals surface area contributed by atoms with Gasteiger partial charge in [0, 0.05) is 57.5 Å². The number of non-ortho nitro benzene ring substituents is 1. The summed E-state index contributed by atoms with van der Waals surface area (Å²) in [6.45, 7) is 8.83. The first-order valence-electron chi connectivity index (χ1n) is 12.6. The molecule has 2 aromatic heterocycles. The number of H-pyrrole nitrogens is 1. The molecule has 1 fully saturated rings. The molecule has 194 valence electrons. The Labute approximate surface area is 216 Å². The Kier molecular flexibility index (Phi) is 10.2.